The molecular formula is C38H48N4O5. The Bertz CT molecular complexity index is 1550. The van der Waals surface area contributed by atoms with Crippen molar-refractivity contribution in [3.05, 3.63) is 59.8 Å². The number of benzene rings is 1. The van der Waals surface area contributed by atoms with E-state index in [0.29, 0.717) is 55.8 Å². The normalized spacial score (nSPS) is 24.6. The average Bonchev–Trinajstić information content (AvgIpc) is 3.81. The number of rotatable bonds is 10. The molecule has 0 spiro atoms. The van der Waals surface area contributed by atoms with Gasteiger partial charge in [0.1, 0.15) is 29.6 Å². The number of pyridine rings is 1. The minimum absolute atomic E-state index is 0.123. The number of nitrogens with zero attached hydrogens (tertiary/aromatic N) is 3. The molecule has 1 N–H and O–H groups in total. The maximum absolute atomic E-state index is 14.3. The van der Waals surface area contributed by atoms with E-state index in [1.54, 1.807) is 19.6 Å². The van der Waals surface area contributed by atoms with Crippen LogP contribution in [0.1, 0.15) is 112 Å². The molecule has 4 fully saturated rings. The van der Waals surface area contributed by atoms with E-state index in [-0.39, 0.29) is 30.1 Å². The van der Waals surface area contributed by atoms with Crippen LogP contribution >= 0.6 is 0 Å². The standard InChI is InChI=1S/C38H48N4O5/c1-24-20-29(14-17-34(24)45-2)26-8-6-25(7-9-26)22-42(35-21-30(18-19-39-35)33-23-46-36(41-33)27-10-11-27)37(43)28-12-15-32(16-13-28)47-38(44)40-31-4-3-5-31/h14,17-21,23,25-28,31-32H,3-13,15-16,22H2,1-2H3,(H,40,44). The van der Waals surface area contributed by atoms with Crippen molar-refractivity contribution in [2.75, 3.05) is 18.6 Å². The molecule has 2 aromatic heterocycles. The van der Waals surface area contributed by atoms with Crippen LogP contribution < -0.4 is 15.0 Å². The van der Waals surface area contributed by atoms with Gasteiger partial charge in [0.2, 0.25) is 5.91 Å². The molecule has 250 valence electrons. The van der Waals surface area contributed by atoms with Gasteiger partial charge < -0.3 is 19.2 Å². The van der Waals surface area contributed by atoms with Gasteiger partial charge in [-0.15, -0.1) is 0 Å². The lowest BCUT2D eigenvalue weighted by Gasteiger charge is -2.36. The number of anilines is 1. The predicted octanol–water partition coefficient (Wildman–Crippen LogP) is 8.08. The molecule has 0 bridgehead atoms. The molecule has 9 nitrogen and oxygen atoms in total. The second kappa shape index (κ2) is 14.1. The maximum Gasteiger partial charge on any atom is 0.407 e. The van der Waals surface area contributed by atoms with Crippen molar-refractivity contribution in [3.63, 3.8) is 0 Å². The Balaban J connectivity index is 1.03. The topological polar surface area (TPSA) is 107 Å². The third-order valence-corrected chi connectivity index (χ3v) is 10.9. The van der Waals surface area contributed by atoms with E-state index < -0.39 is 0 Å². The number of carbonyl (C=O) groups excluding carboxylic acids is 2. The van der Waals surface area contributed by atoms with E-state index in [2.05, 4.69) is 30.4 Å². The monoisotopic (exact) mass is 640 g/mol. The van der Waals surface area contributed by atoms with Crippen molar-refractivity contribution in [3.8, 4) is 17.0 Å². The quantitative estimate of drug-likeness (QED) is 0.239. The highest BCUT2D eigenvalue weighted by molar-refractivity contribution is 5.94. The summed E-state index contributed by atoms with van der Waals surface area (Å²) in [7, 11) is 1.72. The number of carbonyl (C=O) groups is 2. The summed E-state index contributed by atoms with van der Waals surface area (Å²) < 4.78 is 17.0. The molecule has 2 heterocycles. The third-order valence-electron chi connectivity index (χ3n) is 10.9. The van der Waals surface area contributed by atoms with Crippen molar-refractivity contribution >= 4 is 17.8 Å². The van der Waals surface area contributed by atoms with Crippen LogP contribution in [0.5, 0.6) is 5.75 Å². The molecule has 4 saturated carbocycles. The van der Waals surface area contributed by atoms with Gasteiger partial charge in [-0.05, 0) is 132 Å². The van der Waals surface area contributed by atoms with E-state index in [0.717, 1.165) is 80.7 Å². The van der Waals surface area contributed by atoms with E-state index >= 15 is 0 Å². The van der Waals surface area contributed by atoms with Crippen LogP contribution in [-0.2, 0) is 9.53 Å². The van der Waals surface area contributed by atoms with Crippen LogP contribution in [0.3, 0.4) is 0 Å². The van der Waals surface area contributed by atoms with Crippen LogP contribution in [0.25, 0.3) is 11.3 Å². The minimum Gasteiger partial charge on any atom is -0.496 e. The van der Waals surface area contributed by atoms with Crippen LogP contribution in [0.4, 0.5) is 10.6 Å². The molecule has 47 heavy (non-hydrogen) atoms. The molecule has 4 aliphatic carbocycles. The largest absolute Gasteiger partial charge is 0.496 e. The zero-order chi connectivity index (χ0) is 32.3. The zero-order valence-corrected chi connectivity index (χ0v) is 27.8. The smallest absolute Gasteiger partial charge is 0.407 e. The number of ether oxygens (including phenoxy) is 2. The number of hydrogen-bond acceptors (Lipinski definition) is 7. The fraction of sp³-hybridized carbons (Fsp3) is 0.579. The van der Waals surface area contributed by atoms with Crippen LogP contribution in [0, 0.1) is 18.8 Å². The Morgan fingerprint density at radius 2 is 1.70 bits per heavy atom. The van der Waals surface area contributed by atoms with Crippen LogP contribution in [0.15, 0.2) is 47.2 Å². The number of hydrogen-bond donors (Lipinski definition) is 1. The van der Waals surface area contributed by atoms with E-state index in [9.17, 15) is 9.59 Å². The number of oxazole rings is 1. The number of methoxy groups -OCH3 is 1. The summed E-state index contributed by atoms with van der Waals surface area (Å²) in [6.45, 7) is 2.75. The SMILES string of the molecule is COc1ccc(C2CCC(CN(C(=O)C3CCC(OC(=O)NC4CCC4)CC3)c3cc(-c4coc(C5CC5)n4)ccn3)CC2)cc1C. The fourth-order valence-corrected chi connectivity index (χ4v) is 7.60. The number of aryl methyl sites for hydroxylation is 1. The van der Waals surface area contributed by atoms with Gasteiger partial charge in [0.15, 0.2) is 5.89 Å². The Morgan fingerprint density at radius 1 is 0.936 bits per heavy atom. The summed E-state index contributed by atoms with van der Waals surface area (Å²) in [4.78, 5) is 38.2. The van der Waals surface area contributed by atoms with Gasteiger partial charge in [-0.2, -0.15) is 0 Å². The lowest BCUT2D eigenvalue weighted by molar-refractivity contribution is -0.124. The van der Waals surface area contributed by atoms with Gasteiger partial charge in [-0.1, -0.05) is 12.1 Å². The molecule has 1 aromatic carbocycles. The molecule has 7 rings (SSSR count). The van der Waals surface area contributed by atoms with Gasteiger partial charge in [-0.3, -0.25) is 9.69 Å². The summed E-state index contributed by atoms with van der Waals surface area (Å²) in [5, 5.41) is 2.97. The Morgan fingerprint density at radius 3 is 2.38 bits per heavy atom. The highest BCUT2D eigenvalue weighted by Gasteiger charge is 2.35. The summed E-state index contributed by atoms with van der Waals surface area (Å²) in [5.41, 5.74) is 4.25. The molecule has 0 radical (unpaired) electrons. The first kappa shape index (κ1) is 31.7. The molecule has 3 aromatic rings. The molecule has 4 aliphatic rings. The summed E-state index contributed by atoms with van der Waals surface area (Å²) in [6.07, 6.45) is 15.6. The Kier molecular flexibility index (Phi) is 9.50. The van der Waals surface area contributed by atoms with Crippen molar-refractivity contribution < 1.29 is 23.5 Å². The van der Waals surface area contributed by atoms with Crippen molar-refractivity contribution in [2.24, 2.45) is 11.8 Å². The Labute approximate surface area is 277 Å². The highest BCUT2D eigenvalue weighted by Crippen LogP contribution is 2.41. The van der Waals surface area contributed by atoms with Crippen LogP contribution in [-0.4, -0.2) is 47.8 Å². The minimum atomic E-state index is -0.315. The Hall–Kier alpha value is -3.88. The van der Waals surface area contributed by atoms with E-state index in [4.69, 9.17) is 23.9 Å². The van der Waals surface area contributed by atoms with Crippen molar-refractivity contribution in [1.82, 2.24) is 15.3 Å². The number of nitrogens with one attached hydrogen (secondary N) is 1. The van der Waals surface area contributed by atoms with Gasteiger partial charge in [-0.25, -0.2) is 14.8 Å². The molecular weight excluding hydrogens is 592 g/mol. The van der Waals surface area contributed by atoms with Gasteiger partial charge in [0.25, 0.3) is 0 Å². The zero-order valence-electron chi connectivity index (χ0n) is 27.8. The molecule has 0 aliphatic heterocycles. The number of aromatic nitrogens is 2. The third kappa shape index (κ3) is 7.49. The molecule has 0 atom stereocenters. The first-order valence-electron chi connectivity index (χ1n) is 17.8. The predicted molar refractivity (Wildman–Crippen MR) is 179 cm³/mol. The van der Waals surface area contributed by atoms with Gasteiger partial charge >= 0.3 is 6.09 Å². The first-order valence-corrected chi connectivity index (χ1v) is 17.8. The first-order chi connectivity index (χ1) is 22.9. The van der Waals surface area contributed by atoms with Crippen LogP contribution in [0.2, 0.25) is 0 Å². The molecule has 2 amide bonds. The van der Waals surface area contributed by atoms with E-state index in [1.807, 2.05) is 17.0 Å². The molecule has 9 heteroatoms. The maximum atomic E-state index is 14.3. The molecule has 0 saturated heterocycles. The number of alkyl carbamates (subject to hydrolysis) is 1. The molecule has 0 unspecified atom stereocenters. The van der Waals surface area contributed by atoms with Crippen molar-refractivity contribution in [1.29, 1.82) is 0 Å². The highest BCUT2D eigenvalue weighted by atomic mass is 16.6. The second-order valence-electron chi connectivity index (χ2n) is 14.3. The lowest BCUT2D eigenvalue weighted by atomic mass is 9.78. The van der Waals surface area contributed by atoms with Gasteiger partial charge in [0.05, 0.1) is 7.11 Å². The van der Waals surface area contributed by atoms with Crippen molar-refractivity contribution in [2.45, 2.75) is 114 Å². The average molecular weight is 641 g/mol. The fourth-order valence-electron chi connectivity index (χ4n) is 7.60. The lowest BCUT2D eigenvalue weighted by Crippen LogP contribution is -2.44. The van der Waals surface area contributed by atoms with Gasteiger partial charge in [0, 0.05) is 36.2 Å². The second-order valence-corrected chi connectivity index (χ2v) is 14.3. The van der Waals surface area contributed by atoms with E-state index in [1.165, 1.54) is 11.1 Å². The summed E-state index contributed by atoms with van der Waals surface area (Å²) >= 11 is 0. The summed E-state index contributed by atoms with van der Waals surface area (Å²) in [6, 6.07) is 10.8. The number of amides is 2. The summed E-state index contributed by atoms with van der Waals surface area (Å²) in [5.74, 6) is 3.75.